The largest absolute Gasteiger partial charge is 0.575 e. The van der Waals surface area contributed by atoms with E-state index in [1.54, 1.807) is 0 Å². The molecule has 0 fully saturated rings. The third kappa shape index (κ3) is 5.88. The van der Waals surface area contributed by atoms with Crippen LogP contribution in [0.5, 0.6) is 11.5 Å². The van der Waals surface area contributed by atoms with Crippen LogP contribution >= 0.6 is 8.17 Å². The Labute approximate surface area is 171 Å². The standard InChI is InChI=1S/C17H21N2O10P/c1-8(21)18-14-9(19-30(27)29-12-5-3-2-4-10(12)22)6-13(17(25)26)28-16(14)15(24)11(23)7-20/h2-6,9,11,14-16,20,22-24H,7H2,1H3,(H,18,21)(H,25,26)/t9-,11+,14+,15+,16+/m0/s1. The molecule has 1 aliphatic heterocycles. The highest BCUT2D eigenvalue weighted by atomic mass is 31.1. The fraction of sp³-hybridized carbons (Fsp3) is 0.412. The number of nitrogens with one attached hydrogen (secondary N) is 1. The number of aliphatic hydroxyl groups is 3. The highest BCUT2D eigenvalue weighted by molar-refractivity contribution is 7.34. The van der Waals surface area contributed by atoms with Crippen molar-refractivity contribution in [2.45, 2.75) is 37.3 Å². The van der Waals surface area contributed by atoms with Crippen LogP contribution in [0.4, 0.5) is 0 Å². The zero-order chi connectivity index (χ0) is 22.4. The number of carboxylic acid groups (broad SMARTS) is 1. The van der Waals surface area contributed by atoms with Crippen molar-refractivity contribution in [3.8, 4) is 11.5 Å². The summed E-state index contributed by atoms with van der Waals surface area (Å²) in [5.74, 6) is -3.26. The van der Waals surface area contributed by atoms with E-state index < -0.39 is 62.8 Å². The average molecular weight is 444 g/mol. The molecule has 0 radical (unpaired) electrons. The van der Waals surface area contributed by atoms with E-state index in [0.717, 1.165) is 13.0 Å². The van der Waals surface area contributed by atoms with Gasteiger partial charge in [0.2, 0.25) is 17.4 Å². The molecule has 1 amide bonds. The first-order valence-corrected chi connectivity index (χ1v) is 9.77. The normalized spacial score (nSPS) is 23.6. The number of ether oxygens (including phenoxy) is 1. The lowest BCUT2D eigenvalue weighted by atomic mass is 9.92. The van der Waals surface area contributed by atoms with Crippen molar-refractivity contribution in [2.75, 3.05) is 6.61 Å². The van der Waals surface area contributed by atoms with Crippen LogP contribution in [0.3, 0.4) is 0 Å². The SMILES string of the molecule is CC(=O)N[C@H]1[C@H]([C@H](O)[C@H](O)CO)OC(C(=O)O)=C[C@@H]1N=[P+]([O-])Oc1ccccc1O. The summed E-state index contributed by atoms with van der Waals surface area (Å²) >= 11 is 0. The quantitative estimate of drug-likeness (QED) is 0.258. The number of aliphatic hydroxyl groups excluding tert-OH is 3. The summed E-state index contributed by atoms with van der Waals surface area (Å²) in [6.07, 6.45) is -4.12. The van der Waals surface area contributed by atoms with E-state index in [1.807, 2.05) is 0 Å². The highest BCUT2D eigenvalue weighted by Gasteiger charge is 2.45. The van der Waals surface area contributed by atoms with Crippen LogP contribution in [0.2, 0.25) is 0 Å². The number of rotatable bonds is 8. The van der Waals surface area contributed by atoms with Crippen molar-refractivity contribution < 1.29 is 49.3 Å². The summed E-state index contributed by atoms with van der Waals surface area (Å²) in [6.45, 7) is 0.268. The summed E-state index contributed by atoms with van der Waals surface area (Å²) in [5, 5.41) is 50.5. The fourth-order valence-corrected chi connectivity index (χ4v) is 3.50. The fourth-order valence-electron chi connectivity index (χ4n) is 2.70. The van der Waals surface area contributed by atoms with E-state index in [4.69, 9.17) is 14.4 Å². The van der Waals surface area contributed by atoms with Gasteiger partial charge in [-0.15, -0.1) is 0 Å². The van der Waals surface area contributed by atoms with Gasteiger partial charge in [0, 0.05) is 6.92 Å². The minimum atomic E-state index is -2.87. The number of hydrogen-bond donors (Lipinski definition) is 6. The van der Waals surface area contributed by atoms with Crippen molar-refractivity contribution >= 4 is 20.0 Å². The van der Waals surface area contributed by atoms with Crippen LogP contribution in [0.1, 0.15) is 6.92 Å². The molecule has 1 heterocycles. The van der Waals surface area contributed by atoms with E-state index >= 15 is 0 Å². The number of phenolic OH excluding ortho intramolecular Hbond substituents is 1. The van der Waals surface area contributed by atoms with Gasteiger partial charge in [-0.05, 0) is 18.2 Å². The molecular formula is C17H21N2O10P. The lowest BCUT2D eigenvalue weighted by Gasteiger charge is -2.37. The maximum Gasteiger partial charge on any atom is 0.395 e. The number of phenols is 1. The van der Waals surface area contributed by atoms with Gasteiger partial charge in [-0.25, -0.2) is 4.79 Å². The molecule has 0 aliphatic carbocycles. The molecular weight excluding hydrogens is 423 g/mol. The predicted octanol–water partition coefficient (Wildman–Crippen LogP) is -1.42. The molecule has 1 unspecified atom stereocenters. The molecule has 6 N–H and O–H groups in total. The molecule has 2 rings (SSSR count). The number of carboxylic acids is 1. The number of carbonyl (C=O) groups is 2. The summed E-state index contributed by atoms with van der Waals surface area (Å²) < 4.78 is 14.1. The van der Waals surface area contributed by atoms with Gasteiger partial charge in [-0.2, -0.15) is 0 Å². The first-order chi connectivity index (χ1) is 14.1. The monoisotopic (exact) mass is 444 g/mol. The Morgan fingerprint density at radius 1 is 1.37 bits per heavy atom. The molecule has 0 aromatic heterocycles. The molecule has 1 aliphatic rings. The second kappa shape index (κ2) is 10.3. The van der Waals surface area contributed by atoms with Crippen molar-refractivity contribution in [1.82, 2.24) is 5.32 Å². The van der Waals surface area contributed by atoms with E-state index in [2.05, 4.69) is 10.1 Å². The minimum Gasteiger partial charge on any atom is -0.575 e. The molecule has 1 aromatic carbocycles. The smallest absolute Gasteiger partial charge is 0.395 e. The van der Waals surface area contributed by atoms with E-state index in [9.17, 15) is 34.9 Å². The van der Waals surface area contributed by atoms with Crippen molar-refractivity contribution in [2.24, 2.45) is 4.74 Å². The van der Waals surface area contributed by atoms with Gasteiger partial charge in [-0.1, -0.05) is 16.9 Å². The Kier molecular flexibility index (Phi) is 8.09. The molecule has 0 saturated carbocycles. The second-order valence-corrected chi connectivity index (χ2v) is 7.18. The topological polar surface area (TPSA) is 201 Å². The van der Waals surface area contributed by atoms with Crippen LogP contribution in [-0.2, 0) is 14.3 Å². The molecule has 30 heavy (non-hydrogen) atoms. The zero-order valence-electron chi connectivity index (χ0n) is 15.7. The number of hydrogen-bond acceptors (Lipinski definition) is 10. The molecule has 0 bridgehead atoms. The Hall–Kier alpha value is -2.76. The number of carbonyl (C=O) groups excluding carboxylic acids is 1. The minimum absolute atomic E-state index is 0.139. The van der Waals surface area contributed by atoms with E-state index in [-0.39, 0.29) is 11.5 Å². The van der Waals surface area contributed by atoms with Gasteiger partial charge in [-0.3, -0.25) is 9.32 Å². The molecule has 1 aromatic rings. The van der Waals surface area contributed by atoms with Gasteiger partial charge in [0.1, 0.15) is 18.2 Å². The molecule has 6 atom stereocenters. The molecule has 164 valence electrons. The molecule has 12 nitrogen and oxygen atoms in total. The number of aliphatic carboxylic acids is 1. The Balaban J connectivity index is 2.42. The van der Waals surface area contributed by atoms with Crippen molar-refractivity contribution in [1.29, 1.82) is 0 Å². The maximum absolute atomic E-state index is 12.4. The number of para-hydroxylation sites is 2. The van der Waals surface area contributed by atoms with Crippen molar-refractivity contribution in [3.05, 3.63) is 36.1 Å². The first-order valence-electron chi connectivity index (χ1n) is 8.64. The average Bonchev–Trinajstić information content (AvgIpc) is 2.69. The maximum atomic E-state index is 12.4. The lowest BCUT2D eigenvalue weighted by molar-refractivity contribution is -0.169. The number of benzene rings is 1. The van der Waals surface area contributed by atoms with Crippen LogP contribution in [0.25, 0.3) is 0 Å². The Morgan fingerprint density at radius 2 is 2.03 bits per heavy atom. The van der Waals surface area contributed by atoms with E-state index in [0.29, 0.717) is 0 Å². The Bertz CT molecular complexity index is 846. The van der Waals surface area contributed by atoms with Gasteiger partial charge in [0.15, 0.2) is 11.9 Å². The molecule has 0 spiro atoms. The Morgan fingerprint density at radius 3 is 2.60 bits per heavy atom. The van der Waals surface area contributed by atoms with Gasteiger partial charge in [0.05, 0.1) is 12.6 Å². The van der Waals surface area contributed by atoms with Gasteiger partial charge < -0.3 is 40.5 Å². The van der Waals surface area contributed by atoms with Crippen LogP contribution < -0.4 is 14.7 Å². The lowest BCUT2D eigenvalue weighted by Crippen LogP contribution is -2.59. The zero-order valence-corrected chi connectivity index (χ0v) is 16.5. The summed E-state index contributed by atoms with van der Waals surface area (Å²) in [7, 11) is -2.87. The summed E-state index contributed by atoms with van der Waals surface area (Å²) in [4.78, 5) is 35.4. The summed E-state index contributed by atoms with van der Waals surface area (Å²) in [6, 6.07) is 3.08. The second-order valence-electron chi connectivity index (χ2n) is 6.29. The molecule has 0 saturated heterocycles. The summed E-state index contributed by atoms with van der Waals surface area (Å²) in [5.41, 5.74) is 0. The van der Waals surface area contributed by atoms with Crippen LogP contribution in [0, 0.1) is 0 Å². The van der Waals surface area contributed by atoms with Crippen LogP contribution in [0.15, 0.2) is 40.8 Å². The predicted molar refractivity (Wildman–Crippen MR) is 99.2 cm³/mol. The first kappa shape index (κ1) is 23.5. The third-order valence-corrected chi connectivity index (χ3v) is 4.88. The molecule has 13 heteroatoms. The van der Waals surface area contributed by atoms with Gasteiger partial charge >= 0.3 is 14.1 Å². The van der Waals surface area contributed by atoms with Crippen LogP contribution in [-0.4, -0.2) is 74.4 Å². The number of amides is 1. The highest BCUT2D eigenvalue weighted by Crippen LogP contribution is 2.34. The number of nitrogens with zero attached hydrogens (tertiary/aromatic N) is 1. The van der Waals surface area contributed by atoms with Gasteiger partial charge in [0.25, 0.3) is 0 Å². The van der Waals surface area contributed by atoms with E-state index in [1.165, 1.54) is 24.3 Å². The number of aromatic hydroxyl groups is 1. The third-order valence-electron chi connectivity index (χ3n) is 4.07. The van der Waals surface area contributed by atoms with Crippen molar-refractivity contribution in [3.63, 3.8) is 0 Å².